The molecule has 4 amide bonds. The second kappa shape index (κ2) is 15.8. The van der Waals surface area contributed by atoms with Gasteiger partial charge in [-0.05, 0) is 63.8 Å². The predicted octanol–water partition coefficient (Wildman–Crippen LogP) is 5.80. The Morgan fingerprint density at radius 2 is 1.75 bits per heavy atom. The number of alkyl halides is 3. The van der Waals surface area contributed by atoms with E-state index in [1.165, 1.54) is 32.4 Å². The van der Waals surface area contributed by atoms with Gasteiger partial charge in [0.2, 0.25) is 11.8 Å². The molecule has 4 heterocycles. The van der Waals surface area contributed by atoms with Crippen LogP contribution in [0.3, 0.4) is 0 Å². The summed E-state index contributed by atoms with van der Waals surface area (Å²) in [7, 11) is 2.95. The number of para-hydroxylation sites is 1. The average molecular weight is 836 g/mol. The number of pyridine rings is 1. The molecule has 3 aliphatic rings. The van der Waals surface area contributed by atoms with Crippen LogP contribution in [0.1, 0.15) is 50.2 Å². The largest absolute Gasteiger partial charge is 0.494 e. The molecule has 7 rings (SSSR count). The minimum Gasteiger partial charge on any atom is -0.494 e. The number of carbonyl (C=O) groups is 4. The Hall–Kier alpha value is -5.68. The lowest BCUT2D eigenvalue weighted by Crippen LogP contribution is -2.52. The van der Waals surface area contributed by atoms with Gasteiger partial charge in [-0.15, -0.1) is 0 Å². The lowest BCUT2D eigenvalue weighted by Gasteiger charge is -2.36. The topological polar surface area (TPSA) is 148 Å². The van der Waals surface area contributed by atoms with Gasteiger partial charge in [-0.3, -0.25) is 29.4 Å². The minimum absolute atomic E-state index is 0.129. The number of rotatable bonds is 10. The van der Waals surface area contributed by atoms with Crippen LogP contribution in [0.25, 0.3) is 0 Å². The highest BCUT2D eigenvalue weighted by molar-refractivity contribution is 9.10. The predicted molar refractivity (Wildman–Crippen MR) is 206 cm³/mol. The maximum Gasteiger partial charge on any atom is 0.419 e. The first-order valence-corrected chi connectivity index (χ1v) is 18.7. The number of anilines is 5. The van der Waals surface area contributed by atoms with Crippen molar-refractivity contribution in [3.05, 3.63) is 99.2 Å². The summed E-state index contributed by atoms with van der Waals surface area (Å²) in [5.74, 6) is -0.849. The third-order valence-corrected chi connectivity index (χ3v) is 10.7. The number of piperazine rings is 1. The molecule has 13 nitrogen and oxygen atoms in total. The van der Waals surface area contributed by atoms with Crippen molar-refractivity contribution < 1.29 is 37.1 Å². The number of carbonyl (C=O) groups excluding carboxylic acids is 4. The SMILES string of the molecule is CNC(=O)c1ccccc1Nc1cc(Nc2ccc(N3CCN(Cc4cc(Br)c5c(c4)CN(C4CCC(=O)NC4=O)C5=O)CC3)cc2OC)ncc1C(F)(F)F. The Morgan fingerprint density at radius 1 is 0.982 bits per heavy atom. The van der Waals surface area contributed by atoms with Crippen LogP contribution >= 0.6 is 15.9 Å². The van der Waals surface area contributed by atoms with Crippen molar-refractivity contribution in [3.8, 4) is 5.75 Å². The van der Waals surface area contributed by atoms with E-state index >= 15 is 0 Å². The molecule has 0 aliphatic carbocycles. The quantitative estimate of drug-likeness (QED) is 0.145. The van der Waals surface area contributed by atoms with Gasteiger partial charge in [0.25, 0.3) is 11.8 Å². The molecule has 3 aromatic carbocycles. The Morgan fingerprint density at radius 3 is 2.46 bits per heavy atom. The summed E-state index contributed by atoms with van der Waals surface area (Å²) in [5.41, 5.74) is 2.93. The highest BCUT2D eigenvalue weighted by atomic mass is 79.9. The van der Waals surface area contributed by atoms with Crippen LogP contribution in [-0.2, 0) is 28.9 Å². The number of nitrogens with zero attached hydrogens (tertiary/aromatic N) is 4. The first-order chi connectivity index (χ1) is 26.8. The molecule has 56 heavy (non-hydrogen) atoms. The number of fused-ring (bicyclic) bond motifs is 1. The number of methoxy groups -OCH3 is 1. The molecular formula is C39H38BrF3N8O5. The summed E-state index contributed by atoms with van der Waals surface area (Å²) in [5, 5.41) is 10.7. The van der Waals surface area contributed by atoms with E-state index in [-0.39, 0.29) is 41.0 Å². The first kappa shape index (κ1) is 38.6. The van der Waals surface area contributed by atoms with Crippen molar-refractivity contribution in [2.45, 2.75) is 38.1 Å². The number of aromatic nitrogens is 1. The summed E-state index contributed by atoms with van der Waals surface area (Å²) in [6, 6.07) is 16.4. The molecule has 2 saturated heterocycles. The Bertz CT molecular complexity index is 2210. The van der Waals surface area contributed by atoms with Crippen LogP contribution in [0, 0.1) is 0 Å². The molecule has 4 N–H and O–H groups in total. The van der Waals surface area contributed by atoms with Crippen LogP contribution < -0.4 is 30.9 Å². The number of ether oxygens (including phenoxy) is 1. The fourth-order valence-corrected chi connectivity index (χ4v) is 7.99. The second-order valence-corrected chi connectivity index (χ2v) is 14.5. The van der Waals surface area contributed by atoms with Crippen molar-refractivity contribution in [2.75, 3.05) is 55.9 Å². The zero-order chi connectivity index (χ0) is 39.7. The number of piperidine rings is 1. The number of halogens is 4. The van der Waals surface area contributed by atoms with E-state index in [0.717, 1.165) is 49.2 Å². The standard InChI is InChI=1S/C39H38BrF3N8O5/c1-44-36(53)25-5-3-4-6-28(25)46-30-18-33(45-19-26(30)39(41,42)43)47-29-8-7-24(17-32(29)56-2)50-13-11-49(12-14-50)20-22-15-23-21-51(38(55)35(23)27(40)16-22)31-9-10-34(52)48-37(31)54/h3-8,15-19,31H,9-14,20-21H2,1-2H3,(H,44,53)(H2,45,46,47)(H,48,52,54). The monoisotopic (exact) mass is 834 g/mol. The van der Waals surface area contributed by atoms with Crippen LogP contribution in [0.4, 0.5) is 41.7 Å². The van der Waals surface area contributed by atoms with Crippen LogP contribution in [0.5, 0.6) is 5.75 Å². The van der Waals surface area contributed by atoms with Gasteiger partial charge >= 0.3 is 6.18 Å². The molecule has 2 fully saturated rings. The second-order valence-electron chi connectivity index (χ2n) is 13.6. The van der Waals surface area contributed by atoms with Gasteiger partial charge in [0.1, 0.15) is 17.6 Å². The van der Waals surface area contributed by atoms with E-state index in [9.17, 15) is 32.3 Å². The molecule has 1 aromatic heterocycles. The summed E-state index contributed by atoms with van der Waals surface area (Å²) in [4.78, 5) is 59.9. The van der Waals surface area contributed by atoms with E-state index in [4.69, 9.17) is 4.74 Å². The van der Waals surface area contributed by atoms with Crippen molar-refractivity contribution in [1.29, 1.82) is 0 Å². The molecule has 0 bridgehead atoms. The van der Waals surface area contributed by atoms with Crippen molar-refractivity contribution >= 4 is 68.1 Å². The van der Waals surface area contributed by atoms with E-state index in [1.54, 1.807) is 23.1 Å². The van der Waals surface area contributed by atoms with E-state index in [2.05, 4.69) is 52.0 Å². The third-order valence-electron chi connectivity index (χ3n) is 10.1. The molecule has 0 radical (unpaired) electrons. The number of imide groups is 1. The number of benzene rings is 3. The van der Waals surface area contributed by atoms with Crippen LogP contribution in [0.15, 0.2) is 71.3 Å². The molecule has 4 aromatic rings. The molecule has 0 spiro atoms. The number of nitrogens with one attached hydrogen (secondary N) is 4. The zero-order valence-corrected chi connectivity index (χ0v) is 32.0. The summed E-state index contributed by atoms with van der Waals surface area (Å²) in [6.45, 7) is 3.91. The average Bonchev–Trinajstić information content (AvgIpc) is 3.50. The molecule has 3 aliphatic heterocycles. The third kappa shape index (κ3) is 8.00. The minimum atomic E-state index is -4.71. The smallest absolute Gasteiger partial charge is 0.419 e. The van der Waals surface area contributed by atoms with Gasteiger partial charge in [0.15, 0.2) is 0 Å². The molecule has 17 heteroatoms. The maximum atomic E-state index is 14.0. The lowest BCUT2D eigenvalue weighted by molar-refractivity contribution is -0.138. The van der Waals surface area contributed by atoms with Crippen molar-refractivity contribution in [1.82, 2.24) is 25.4 Å². The van der Waals surface area contributed by atoms with Crippen LogP contribution in [-0.4, -0.2) is 84.8 Å². The molecule has 292 valence electrons. The first-order valence-electron chi connectivity index (χ1n) is 17.9. The van der Waals surface area contributed by atoms with Crippen LogP contribution in [0.2, 0.25) is 0 Å². The maximum absolute atomic E-state index is 14.0. The lowest BCUT2D eigenvalue weighted by atomic mass is 10.0. The fraction of sp³-hybridized carbons (Fsp3) is 0.308. The number of amides is 4. The van der Waals surface area contributed by atoms with Gasteiger partial charge in [-0.2, -0.15) is 13.2 Å². The number of hydrogen-bond donors (Lipinski definition) is 4. The Balaban J connectivity index is 1.01. The molecule has 1 atom stereocenters. The van der Waals surface area contributed by atoms with Gasteiger partial charge in [0, 0.05) is 81.2 Å². The van der Waals surface area contributed by atoms with Gasteiger partial charge < -0.3 is 30.5 Å². The number of hydrogen-bond acceptors (Lipinski definition) is 10. The Kier molecular flexibility index (Phi) is 10.9. The highest BCUT2D eigenvalue weighted by Crippen LogP contribution is 2.39. The van der Waals surface area contributed by atoms with E-state index in [1.807, 2.05) is 24.3 Å². The molecular weight excluding hydrogens is 797 g/mol. The molecule has 1 unspecified atom stereocenters. The molecule has 0 saturated carbocycles. The summed E-state index contributed by atoms with van der Waals surface area (Å²) in [6.07, 6.45) is -3.47. The van der Waals surface area contributed by atoms with Gasteiger partial charge in [-0.1, -0.05) is 18.2 Å². The Labute approximate surface area is 328 Å². The van der Waals surface area contributed by atoms with Crippen molar-refractivity contribution in [2.24, 2.45) is 0 Å². The highest BCUT2D eigenvalue weighted by Gasteiger charge is 2.40. The normalized spacial score (nSPS) is 17.4. The van der Waals surface area contributed by atoms with E-state index < -0.39 is 29.6 Å². The van der Waals surface area contributed by atoms with Gasteiger partial charge in [0.05, 0.1) is 40.9 Å². The summed E-state index contributed by atoms with van der Waals surface area (Å²) < 4.78 is 48.5. The van der Waals surface area contributed by atoms with Crippen molar-refractivity contribution in [3.63, 3.8) is 0 Å². The zero-order valence-electron chi connectivity index (χ0n) is 30.4. The van der Waals surface area contributed by atoms with E-state index in [0.29, 0.717) is 41.0 Å². The summed E-state index contributed by atoms with van der Waals surface area (Å²) >= 11 is 3.59. The van der Waals surface area contributed by atoms with Gasteiger partial charge in [-0.25, -0.2) is 4.98 Å². The fourth-order valence-electron chi connectivity index (χ4n) is 7.27.